The van der Waals surface area contributed by atoms with Gasteiger partial charge in [-0.15, -0.1) is 16.9 Å². The Morgan fingerprint density at radius 1 is 1.17 bits per heavy atom. The lowest BCUT2D eigenvalue weighted by molar-refractivity contribution is 0.587. The van der Waals surface area contributed by atoms with E-state index in [-0.39, 0.29) is 6.01 Å². The first-order valence-electron chi connectivity index (χ1n) is 7.03. The molecule has 0 aliphatic rings. The highest BCUT2D eigenvalue weighted by Crippen LogP contribution is 2.32. The molecule has 2 aromatic heterocycles. The largest absolute Gasteiger partial charge is 0.403 e. The van der Waals surface area contributed by atoms with Gasteiger partial charge in [0.15, 0.2) is 5.13 Å². The number of nitrogens with zero attached hydrogens (tertiary/aromatic N) is 3. The highest BCUT2D eigenvalue weighted by Gasteiger charge is 2.13. The normalized spacial score (nSPS) is 11.1. The second-order valence-electron chi connectivity index (χ2n) is 4.87. The van der Waals surface area contributed by atoms with Gasteiger partial charge in [-0.2, -0.15) is 0 Å². The van der Waals surface area contributed by atoms with Crippen molar-refractivity contribution in [2.24, 2.45) is 0 Å². The monoisotopic (exact) mass is 374 g/mol. The van der Waals surface area contributed by atoms with Crippen LogP contribution in [0.1, 0.15) is 0 Å². The lowest BCUT2D eigenvalue weighted by Crippen LogP contribution is -1.88. The molecule has 4 aromatic rings. The molecule has 8 heteroatoms. The van der Waals surface area contributed by atoms with Crippen LogP contribution >= 0.6 is 34.7 Å². The Bertz CT molecular complexity index is 1010. The van der Waals surface area contributed by atoms with Crippen molar-refractivity contribution in [3.63, 3.8) is 0 Å². The van der Waals surface area contributed by atoms with Gasteiger partial charge in [0.1, 0.15) is 0 Å². The van der Waals surface area contributed by atoms with Gasteiger partial charge in [-0.05, 0) is 36.6 Å². The second kappa shape index (κ2) is 6.43. The van der Waals surface area contributed by atoms with E-state index in [1.807, 2.05) is 24.3 Å². The van der Waals surface area contributed by atoms with Gasteiger partial charge in [-0.25, -0.2) is 4.98 Å². The minimum absolute atomic E-state index is 0.286. The molecule has 4 rings (SSSR count). The van der Waals surface area contributed by atoms with Crippen molar-refractivity contribution in [3.05, 3.63) is 47.5 Å². The number of thiazole rings is 1. The van der Waals surface area contributed by atoms with Crippen LogP contribution in [-0.2, 0) is 0 Å². The molecule has 0 saturated carbocycles. The maximum Gasteiger partial charge on any atom is 0.322 e. The van der Waals surface area contributed by atoms with Crippen LogP contribution in [0, 0.1) is 0 Å². The second-order valence-corrected chi connectivity index (χ2v) is 7.19. The minimum atomic E-state index is 0.286. The van der Waals surface area contributed by atoms with E-state index in [1.54, 1.807) is 29.2 Å². The topological polar surface area (TPSA) is 63.8 Å². The number of hydrogen-bond acceptors (Lipinski definition) is 7. The van der Waals surface area contributed by atoms with E-state index in [9.17, 15) is 0 Å². The summed E-state index contributed by atoms with van der Waals surface area (Å²) in [6.45, 7) is 0. The third-order valence-electron chi connectivity index (χ3n) is 3.34. The number of hydrogen-bond donors (Lipinski definition) is 1. The summed E-state index contributed by atoms with van der Waals surface area (Å²) in [6.07, 6.45) is 2.05. The lowest BCUT2D eigenvalue weighted by Gasteiger charge is -1.97. The number of thioether (sulfide) groups is 1. The van der Waals surface area contributed by atoms with Crippen molar-refractivity contribution in [3.8, 4) is 11.5 Å². The predicted octanol–water partition coefficient (Wildman–Crippen LogP) is 5.47. The van der Waals surface area contributed by atoms with Gasteiger partial charge in [0, 0.05) is 4.90 Å². The zero-order chi connectivity index (χ0) is 16.5. The van der Waals surface area contributed by atoms with Crippen LogP contribution in [0.25, 0.3) is 21.7 Å². The van der Waals surface area contributed by atoms with Gasteiger partial charge in [0.05, 0.1) is 20.8 Å². The average Bonchev–Trinajstić information content (AvgIpc) is 3.21. The van der Waals surface area contributed by atoms with Gasteiger partial charge in [-0.1, -0.05) is 40.2 Å². The predicted molar refractivity (Wildman–Crippen MR) is 99.4 cm³/mol. The molecule has 0 atom stereocenters. The van der Waals surface area contributed by atoms with E-state index >= 15 is 0 Å². The molecular weight excluding hydrogens is 364 g/mol. The number of nitrogens with one attached hydrogen (secondary N) is 1. The molecular formula is C16H11ClN4OS2. The molecule has 0 aliphatic carbocycles. The number of halogens is 1. The lowest BCUT2D eigenvalue weighted by atomic mass is 10.2. The van der Waals surface area contributed by atoms with Crippen molar-refractivity contribution < 1.29 is 4.42 Å². The molecule has 0 bridgehead atoms. The van der Waals surface area contributed by atoms with Crippen LogP contribution in [0.4, 0.5) is 11.1 Å². The quantitative estimate of drug-likeness (QED) is 0.478. The number of anilines is 2. The summed E-state index contributed by atoms with van der Waals surface area (Å²) in [5.74, 6) is 0.369. The van der Waals surface area contributed by atoms with Gasteiger partial charge in [0.25, 0.3) is 5.89 Å². The standard InChI is InChI=1S/C16H11ClN4OS2/c1-23-9-6-7-12-13(8-9)24-16(18-12)19-15-21-20-14(22-15)10-4-2-3-5-11(10)17/h2-8H,1H3,(H,18,19,21). The van der Waals surface area contributed by atoms with Gasteiger partial charge < -0.3 is 4.42 Å². The van der Waals surface area contributed by atoms with E-state index in [0.717, 1.165) is 10.2 Å². The van der Waals surface area contributed by atoms with Crippen molar-refractivity contribution in [1.82, 2.24) is 15.2 Å². The van der Waals surface area contributed by atoms with Crippen LogP contribution in [0.2, 0.25) is 5.02 Å². The number of rotatable bonds is 4. The molecule has 1 N–H and O–H groups in total. The van der Waals surface area contributed by atoms with Crippen LogP contribution in [0.15, 0.2) is 51.8 Å². The number of aromatic nitrogens is 3. The Balaban J connectivity index is 1.61. The van der Waals surface area contributed by atoms with E-state index in [0.29, 0.717) is 21.6 Å². The Morgan fingerprint density at radius 3 is 2.88 bits per heavy atom. The van der Waals surface area contributed by atoms with Crippen LogP contribution < -0.4 is 5.32 Å². The fourth-order valence-electron chi connectivity index (χ4n) is 2.19. The van der Waals surface area contributed by atoms with Gasteiger partial charge in [-0.3, -0.25) is 5.32 Å². The first-order valence-corrected chi connectivity index (χ1v) is 9.45. The Morgan fingerprint density at radius 2 is 2.04 bits per heavy atom. The van der Waals surface area contributed by atoms with E-state index in [4.69, 9.17) is 16.0 Å². The fourth-order valence-corrected chi connectivity index (χ4v) is 3.82. The summed E-state index contributed by atoms with van der Waals surface area (Å²) in [7, 11) is 0. The first-order chi connectivity index (χ1) is 11.7. The minimum Gasteiger partial charge on any atom is -0.403 e. The van der Waals surface area contributed by atoms with Crippen LogP contribution in [0.5, 0.6) is 0 Å². The molecule has 0 fully saturated rings. The molecule has 0 radical (unpaired) electrons. The number of benzene rings is 2. The Kier molecular flexibility index (Phi) is 4.13. The van der Waals surface area contributed by atoms with Crippen molar-refractivity contribution >= 4 is 56.1 Å². The molecule has 24 heavy (non-hydrogen) atoms. The number of fused-ring (bicyclic) bond motifs is 1. The maximum absolute atomic E-state index is 6.15. The van der Waals surface area contributed by atoms with Gasteiger partial charge >= 0.3 is 6.01 Å². The smallest absolute Gasteiger partial charge is 0.322 e. The molecule has 0 aliphatic heterocycles. The summed E-state index contributed by atoms with van der Waals surface area (Å²) >= 11 is 9.39. The molecule has 0 unspecified atom stereocenters. The summed E-state index contributed by atoms with van der Waals surface area (Å²) in [5, 5.41) is 12.4. The summed E-state index contributed by atoms with van der Waals surface area (Å²) in [6, 6.07) is 13.8. The Labute approximate surface area is 151 Å². The zero-order valence-electron chi connectivity index (χ0n) is 12.5. The van der Waals surface area contributed by atoms with Crippen molar-refractivity contribution in [1.29, 1.82) is 0 Å². The fraction of sp³-hybridized carbons (Fsp3) is 0.0625. The third-order valence-corrected chi connectivity index (χ3v) is 5.33. The summed E-state index contributed by atoms with van der Waals surface area (Å²) in [5.41, 5.74) is 1.64. The molecule has 2 aromatic carbocycles. The van der Waals surface area contributed by atoms with E-state index in [2.05, 4.69) is 38.9 Å². The van der Waals surface area contributed by atoms with Gasteiger partial charge in [0.2, 0.25) is 0 Å². The first kappa shape index (κ1) is 15.4. The van der Waals surface area contributed by atoms with E-state index in [1.165, 1.54) is 4.90 Å². The molecule has 0 saturated heterocycles. The molecule has 120 valence electrons. The van der Waals surface area contributed by atoms with Crippen molar-refractivity contribution in [2.45, 2.75) is 4.90 Å². The summed E-state index contributed by atoms with van der Waals surface area (Å²) < 4.78 is 6.75. The third kappa shape index (κ3) is 2.98. The van der Waals surface area contributed by atoms with Crippen LogP contribution in [-0.4, -0.2) is 21.4 Å². The SMILES string of the molecule is CSc1ccc2nc(Nc3nnc(-c4ccccc4Cl)o3)sc2c1. The molecule has 0 amide bonds. The van der Waals surface area contributed by atoms with E-state index < -0.39 is 0 Å². The maximum atomic E-state index is 6.15. The molecule has 0 spiro atoms. The van der Waals surface area contributed by atoms with Crippen LogP contribution in [0.3, 0.4) is 0 Å². The average molecular weight is 375 g/mol. The highest BCUT2D eigenvalue weighted by molar-refractivity contribution is 7.98. The molecule has 2 heterocycles. The summed E-state index contributed by atoms with van der Waals surface area (Å²) in [4.78, 5) is 5.73. The molecule has 5 nitrogen and oxygen atoms in total. The highest BCUT2D eigenvalue weighted by atomic mass is 35.5. The van der Waals surface area contributed by atoms with Crippen molar-refractivity contribution in [2.75, 3.05) is 11.6 Å². The Hall–Kier alpha value is -2.09. The zero-order valence-corrected chi connectivity index (χ0v) is 14.9.